The number of rotatable bonds is 5. The number of aryl methyl sites for hydroxylation is 2. The Morgan fingerprint density at radius 2 is 1.85 bits per heavy atom. The zero-order valence-corrected chi connectivity index (χ0v) is 16.7. The maximum absolute atomic E-state index is 12.5. The summed E-state index contributed by atoms with van der Waals surface area (Å²) in [6.07, 6.45) is 1.58. The molecule has 0 radical (unpaired) electrons. The van der Waals surface area contributed by atoms with Crippen LogP contribution in [0.15, 0.2) is 65.3 Å². The third kappa shape index (κ3) is 3.66. The molecule has 5 heteroatoms. The van der Waals surface area contributed by atoms with Crippen molar-refractivity contribution in [2.45, 2.75) is 18.9 Å². The van der Waals surface area contributed by atoms with E-state index in [1.165, 1.54) is 22.9 Å². The molecule has 2 aromatic carbocycles. The molecule has 0 saturated carbocycles. The standard InChI is InChI=1S/C22H18N2OS2/c1-14-8-9-17(10-15(14)2)18-11-26-21-20(18)22(24-13-23-21)27-12-19(25)16-6-4-3-5-7-16/h3-11,13H,12H2,1-2H3. The highest BCUT2D eigenvalue weighted by Crippen LogP contribution is 2.38. The molecule has 0 fully saturated rings. The number of Topliss-reactive ketones (excluding diaryl/α,β-unsaturated/α-hetero) is 1. The third-order valence-electron chi connectivity index (χ3n) is 4.59. The van der Waals surface area contributed by atoms with Crippen molar-refractivity contribution in [3.63, 3.8) is 0 Å². The van der Waals surface area contributed by atoms with Gasteiger partial charge in [-0.15, -0.1) is 11.3 Å². The van der Waals surface area contributed by atoms with Crippen LogP contribution >= 0.6 is 23.1 Å². The molecule has 0 aliphatic heterocycles. The molecule has 4 rings (SSSR count). The zero-order chi connectivity index (χ0) is 18.8. The Bertz CT molecular complexity index is 1120. The molecule has 2 heterocycles. The molecule has 0 N–H and O–H groups in total. The molecule has 0 aliphatic rings. The van der Waals surface area contributed by atoms with Crippen LogP contribution in [0.4, 0.5) is 0 Å². The van der Waals surface area contributed by atoms with E-state index in [-0.39, 0.29) is 5.78 Å². The second-order valence-corrected chi connectivity index (χ2v) is 8.21. The van der Waals surface area contributed by atoms with Crippen LogP contribution in [0.1, 0.15) is 21.5 Å². The molecule has 0 amide bonds. The normalized spacial score (nSPS) is 11.0. The van der Waals surface area contributed by atoms with Gasteiger partial charge in [-0.25, -0.2) is 9.97 Å². The van der Waals surface area contributed by atoms with E-state index in [2.05, 4.69) is 47.4 Å². The lowest BCUT2D eigenvalue weighted by atomic mass is 10.0. The summed E-state index contributed by atoms with van der Waals surface area (Å²) < 4.78 is 0. The predicted octanol–water partition coefficient (Wildman–Crippen LogP) is 5.95. The summed E-state index contributed by atoms with van der Waals surface area (Å²) in [6.45, 7) is 4.24. The molecule has 0 spiro atoms. The van der Waals surface area contributed by atoms with Crippen molar-refractivity contribution >= 4 is 39.1 Å². The fraction of sp³-hybridized carbons (Fsp3) is 0.136. The maximum atomic E-state index is 12.5. The van der Waals surface area contributed by atoms with E-state index in [1.807, 2.05) is 30.3 Å². The number of benzene rings is 2. The number of thiophene rings is 1. The maximum Gasteiger partial charge on any atom is 0.173 e. The first-order valence-electron chi connectivity index (χ1n) is 8.64. The van der Waals surface area contributed by atoms with Gasteiger partial charge in [0, 0.05) is 16.5 Å². The lowest BCUT2D eigenvalue weighted by molar-refractivity contribution is 0.102. The lowest BCUT2D eigenvalue weighted by Crippen LogP contribution is -2.02. The number of nitrogens with zero attached hydrogens (tertiary/aromatic N) is 2. The van der Waals surface area contributed by atoms with Gasteiger partial charge in [-0.3, -0.25) is 4.79 Å². The number of aromatic nitrogens is 2. The number of hydrogen-bond acceptors (Lipinski definition) is 5. The topological polar surface area (TPSA) is 42.9 Å². The molecule has 0 aliphatic carbocycles. The quantitative estimate of drug-likeness (QED) is 0.240. The van der Waals surface area contributed by atoms with Crippen LogP contribution < -0.4 is 0 Å². The van der Waals surface area contributed by atoms with Crippen LogP contribution in [0.5, 0.6) is 0 Å². The van der Waals surface area contributed by atoms with E-state index in [0.29, 0.717) is 5.75 Å². The van der Waals surface area contributed by atoms with Crippen molar-refractivity contribution in [2.75, 3.05) is 5.75 Å². The van der Waals surface area contributed by atoms with Crippen LogP contribution in [0.2, 0.25) is 0 Å². The summed E-state index contributed by atoms with van der Waals surface area (Å²) in [4.78, 5) is 22.3. The fourth-order valence-electron chi connectivity index (χ4n) is 2.92. The number of carbonyl (C=O) groups is 1. The number of fused-ring (bicyclic) bond motifs is 1. The molecular formula is C22H18N2OS2. The minimum atomic E-state index is 0.107. The third-order valence-corrected chi connectivity index (χ3v) is 6.46. The van der Waals surface area contributed by atoms with Crippen molar-refractivity contribution in [2.24, 2.45) is 0 Å². The second kappa shape index (κ2) is 7.62. The van der Waals surface area contributed by atoms with Gasteiger partial charge in [0.05, 0.1) is 11.1 Å². The van der Waals surface area contributed by atoms with Gasteiger partial charge in [0.15, 0.2) is 5.78 Å². The highest BCUT2D eigenvalue weighted by Gasteiger charge is 2.15. The lowest BCUT2D eigenvalue weighted by Gasteiger charge is -2.07. The largest absolute Gasteiger partial charge is 0.293 e. The van der Waals surface area contributed by atoms with Crippen LogP contribution in [-0.4, -0.2) is 21.5 Å². The van der Waals surface area contributed by atoms with E-state index >= 15 is 0 Å². The van der Waals surface area contributed by atoms with Gasteiger partial charge in [0.2, 0.25) is 0 Å². The molecule has 0 bridgehead atoms. The first-order chi connectivity index (χ1) is 13.1. The van der Waals surface area contributed by atoms with Gasteiger partial charge < -0.3 is 0 Å². The summed E-state index contributed by atoms with van der Waals surface area (Å²) in [5, 5.41) is 4.03. The molecular weight excluding hydrogens is 372 g/mol. The second-order valence-electron chi connectivity index (χ2n) is 6.39. The van der Waals surface area contributed by atoms with Crippen molar-refractivity contribution in [3.8, 4) is 11.1 Å². The van der Waals surface area contributed by atoms with Crippen molar-refractivity contribution in [1.29, 1.82) is 0 Å². The molecule has 0 atom stereocenters. The summed E-state index contributed by atoms with van der Waals surface area (Å²) in [6, 6.07) is 15.9. The van der Waals surface area contributed by atoms with E-state index in [0.717, 1.165) is 31.9 Å². The van der Waals surface area contributed by atoms with Gasteiger partial charge in [0.25, 0.3) is 0 Å². The van der Waals surface area contributed by atoms with Gasteiger partial charge in [-0.1, -0.05) is 60.3 Å². The minimum absolute atomic E-state index is 0.107. The molecule has 2 aromatic heterocycles. The van der Waals surface area contributed by atoms with Crippen molar-refractivity contribution in [1.82, 2.24) is 9.97 Å². The Labute approximate surface area is 166 Å². The summed E-state index contributed by atoms with van der Waals surface area (Å²) in [5.41, 5.74) is 5.56. The van der Waals surface area contributed by atoms with Gasteiger partial charge in [-0.05, 0) is 30.5 Å². The van der Waals surface area contributed by atoms with Crippen molar-refractivity contribution in [3.05, 3.63) is 76.9 Å². The number of thioether (sulfide) groups is 1. The Morgan fingerprint density at radius 3 is 2.63 bits per heavy atom. The Kier molecular flexibility index (Phi) is 5.05. The number of ketones is 1. The molecule has 27 heavy (non-hydrogen) atoms. The van der Waals surface area contributed by atoms with E-state index < -0.39 is 0 Å². The molecule has 0 saturated heterocycles. The van der Waals surface area contributed by atoms with Crippen LogP contribution in [0, 0.1) is 13.8 Å². The first-order valence-corrected chi connectivity index (χ1v) is 10.5. The monoisotopic (exact) mass is 390 g/mol. The average Bonchev–Trinajstić information content (AvgIpc) is 3.14. The Balaban J connectivity index is 1.68. The molecule has 4 aromatic rings. The van der Waals surface area contributed by atoms with Crippen molar-refractivity contribution < 1.29 is 4.79 Å². The highest BCUT2D eigenvalue weighted by molar-refractivity contribution is 8.00. The Hall–Kier alpha value is -2.50. The summed E-state index contributed by atoms with van der Waals surface area (Å²) >= 11 is 3.09. The zero-order valence-electron chi connectivity index (χ0n) is 15.1. The Morgan fingerprint density at radius 1 is 1.04 bits per heavy atom. The van der Waals surface area contributed by atoms with Gasteiger partial charge in [-0.2, -0.15) is 0 Å². The van der Waals surface area contributed by atoms with Crippen LogP contribution in [-0.2, 0) is 0 Å². The van der Waals surface area contributed by atoms with E-state index in [1.54, 1.807) is 17.7 Å². The molecule has 3 nitrogen and oxygen atoms in total. The summed E-state index contributed by atoms with van der Waals surface area (Å²) in [7, 11) is 0. The molecule has 134 valence electrons. The van der Waals surface area contributed by atoms with Gasteiger partial charge >= 0.3 is 0 Å². The molecule has 0 unspecified atom stereocenters. The summed E-state index contributed by atoms with van der Waals surface area (Å²) in [5.74, 6) is 0.466. The van der Waals surface area contributed by atoms with E-state index in [4.69, 9.17) is 0 Å². The number of carbonyl (C=O) groups excluding carboxylic acids is 1. The fourth-order valence-corrected chi connectivity index (χ4v) is 4.81. The minimum Gasteiger partial charge on any atom is -0.293 e. The smallest absolute Gasteiger partial charge is 0.173 e. The van der Waals surface area contributed by atoms with Crippen LogP contribution in [0.25, 0.3) is 21.3 Å². The number of hydrogen-bond donors (Lipinski definition) is 0. The SMILES string of the molecule is Cc1ccc(-c2csc3ncnc(SCC(=O)c4ccccc4)c23)cc1C. The van der Waals surface area contributed by atoms with Crippen LogP contribution in [0.3, 0.4) is 0 Å². The average molecular weight is 391 g/mol. The highest BCUT2D eigenvalue weighted by atomic mass is 32.2. The predicted molar refractivity (Wildman–Crippen MR) is 114 cm³/mol. The van der Waals surface area contributed by atoms with E-state index in [9.17, 15) is 4.79 Å². The van der Waals surface area contributed by atoms with Gasteiger partial charge in [0.1, 0.15) is 16.2 Å². The first kappa shape index (κ1) is 17.9.